The number of carbonyl (C=O) groups is 2. The standard InChI is InChI=1S/C11H16N4O2/c1-11(2)10(17)12-6-9(16)15(11)7-8-4-5-14(3)13-8/h4-5H,6-7H2,1-3H3,(H,12,17). The van der Waals surface area contributed by atoms with Gasteiger partial charge in [-0.2, -0.15) is 5.10 Å². The molecule has 1 aromatic heterocycles. The van der Waals surface area contributed by atoms with Crippen LogP contribution in [0.25, 0.3) is 0 Å². The molecule has 1 fully saturated rings. The molecule has 92 valence electrons. The van der Waals surface area contributed by atoms with Crippen molar-refractivity contribution >= 4 is 11.8 Å². The van der Waals surface area contributed by atoms with Crippen LogP contribution in [-0.2, 0) is 23.2 Å². The summed E-state index contributed by atoms with van der Waals surface area (Å²) >= 11 is 0. The van der Waals surface area contributed by atoms with Gasteiger partial charge in [0, 0.05) is 13.2 Å². The quantitative estimate of drug-likeness (QED) is 0.763. The molecule has 17 heavy (non-hydrogen) atoms. The van der Waals surface area contributed by atoms with E-state index in [4.69, 9.17) is 0 Å². The smallest absolute Gasteiger partial charge is 0.245 e. The second kappa shape index (κ2) is 3.87. The van der Waals surface area contributed by atoms with Crippen LogP contribution < -0.4 is 5.32 Å². The number of piperazine rings is 1. The van der Waals surface area contributed by atoms with Crippen molar-refractivity contribution in [3.63, 3.8) is 0 Å². The summed E-state index contributed by atoms with van der Waals surface area (Å²) in [6, 6.07) is 1.84. The molecule has 1 N–H and O–H groups in total. The number of nitrogens with zero attached hydrogens (tertiary/aromatic N) is 3. The van der Waals surface area contributed by atoms with Gasteiger partial charge in [0.05, 0.1) is 18.8 Å². The maximum Gasteiger partial charge on any atom is 0.245 e. The first-order valence-corrected chi connectivity index (χ1v) is 5.48. The largest absolute Gasteiger partial charge is 0.345 e. The van der Waals surface area contributed by atoms with Crippen molar-refractivity contribution in [3.05, 3.63) is 18.0 Å². The zero-order valence-electron chi connectivity index (χ0n) is 10.2. The van der Waals surface area contributed by atoms with Gasteiger partial charge in [0.2, 0.25) is 11.8 Å². The molecule has 6 nitrogen and oxygen atoms in total. The Hall–Kier alpha value is -1.85. The first kappa shape index (κ1) is 11.6. The molecule has 0 saturated carbocycles. The van der Waals surface area contributed by atoms with Crippen molar-refractivity contribution in [2.75, 3.05) is 6.54 Å². The predicted octanol–water partition coefficient (Wildman–Crippen LogP) is -0.343. The summed E-state index contributed by atoms with van der Waals surface area (Å²) in [5, 5.41) is 6.81. The molecule has 1 aliphatic heterocycles. The van der Waals surface area contributed by atoms with Crippen molar-refractivity contribution in [1.29, 1.82) is 0 Å². The van der Waals surface area contributed by atoms with Crippen LogP contribution in [0, 0.1) is 0 Å². The summed E-state index contributed by atoms with van der Waals surface area (Å²) in [7, 11) is 1.82. The Bertz CT molecular complexity index is 464. The highest BCUT2D eigenvalue weighted by Gasteiger charge is 2.41. The van der Waals surface area contributed by atoms with Gasteiger partial charge in [-0.15, -0.1) is 0 Å². The van der Waals surface area contributed by atoms with Gasteiger partial charge < -0.3 is 10.2 Å². The summed E-state index contributed by atoms with van der Waals surface area (Å²) in [5.74, 6) is -0.215. The molecule has 0 spiro atoms. The van der Waals surface area contributed by atoms with E-state index in [2.05, 4.69) is 10.4 Å². The molecular weight excluding hydrogens is 220 g/mol. The SMILES string of the molecule is Cn1ccc(CN2C(=O)CNC(=O)C2(C)C)n1. The third kappa shape index (κ3) is 2.02. The molecule has 2 amide bonds. The fraction of sp³-hybridized carbons (Fsp3) is 0.545. The van der Waals surface area contributed by atoms with Crippen LogP contribution in [0.4, 0.5) is 0 Å². The number of hydrogen-bond acceptors (Lipinski definition) is 3. The van der Waals surface area contributed by atoms with E-state index in [9.17, 15) is 9.59 Å². The average molecular weight is 236 g/mol. The van der Waals surface area contributed by atoms with Crippen LogP contribution in [-0.4, -0.2) is 38.6 Å². The van der Waals surface area contributed by atoms with Crippen LogP contribution in [0.1, 0.15) is 19.5 Å². The van der Waals surface area contributed by atoms with E-state index in [1.54, 1.807) is 23.4 Å². The van der Waals surface area contributed by atoms with Crippen molar-refractivity contribution in [3.8, 4) is 0 Å². The second-order valence-electron chi connectivity index (χ2n) is 4.70. The molecule has 0 bridgehead atoms. The second-order valence-corrected chi connectivity index (χ2v) is 4.70. The molecule has 0 unspecified atom stereocenters. The third-order valence-electron chi connectivity index (χ3n) is 3.02. The monoisotopic (exact) mass is 236 g/mol. The number of carbonyl (C=O) groups excluding carboxylic acids is 2. The molecule has 0 atom stereocenters. The number of hydrogen-bond donors (Lipinski definition) is 1. The Kier molecular flexibility index (Phi) is 2.65. The summed E-state index contributed by atoms with van der Waals surface area (Å²) in [6.45, 7) is 3.90. The summed E-state index contributed by atoms with van der Waals surface area (Å²) in [6.07, 6.45) is 1.82. The number of nitrogens with one attached hydrogen (secondary N) is 1. The fourth-order valence-corrected chi connectivity index (χ4v) is 1.90. The Morgan fingerprint density at radius 2 is 2.18 bits per heavy atom. The van der Waals surface area contributed by atoms with Crippen LogP contribution >= 0.6 is 0 Å². The lowest BCUT2D eigenvalue weighted by Gasteiger charge is -2.40. The van der Waals surface area contributed by atoms with Crippen LogP contribution in [0.5, 0.6) is 0 Å². The van der Waals surface area contributed by atoms with E-state index < -0.39 is 5.54 Å². The summed E-state index contributed by atoms with van der Waals surface area (Å²) in [5.41, 5.74) is -0.0454. The maximum absolute atomic E-state index is 11.8. The van der Waals surface area contributed by atoms with E-state index >= 15 is 0 Å². The Balaban J connectivity index is 2.22. The molecule has 1 aliphatic rings. The lowest BCUT2D eigenvalue weighted by Crippen LogP contribution is -2.63. The first-order chi connectivity index (χ1) is 7.91. The van der Waals surface area contributed by atoms with Gasteiger partial charge in [0.1, 0.15) is 5.54 Å². The Morgan fingerprint density at radius 1 is 1.47 bits per heavy atom. The van der Waals surface area contributed by atoms with Crippen LogP contribution in [0.15, 0.2) is 12.3 Å². The van der Waals surface area contributed by atoms with Crippen molar-refractivity contribution < 1.29 is 9.59 Å². The lowest BCUT2D eigenvalue weighted by atomic mass is 9.98. The molecule has 0 aliphatic carbocycles. The van der Waals surface area contributed by atoms with Gasteiger partial charge in [-0.25, -0.2) is 0 Å². The van der Waals surface area contributed by atoms with Gasteiger partial charge in [-0.3, -0.25) is 14.3 Å². The lowest BCUT2D eigenvalue weighted by molar-refractivity contribution is -0.152. The molecule has 6 heteroatoms. The minimum atomic E-state index is -0.827. The number of amides is 2. The molecule has 1 saturated heterocycles. The van der Waals surface area contributed by atoms with Crippen molar-refractivity contribution in [1.82, 2.24) is 20.0 Å². The molecule has 2 heterocycles. The highest BCUT2D eigenvalue weighted by atomic mass is 16.2. The van der Waals surface area contributed by atoms with Gasteiger partial charge in [0.15, 0.2) is 0 Å². The third-order valence-corrected chi connectivity index (χ3v) is 3.02. The minimum Gasteiger partial charge on any atom is -0.345 e. The highest BCUT2D eigenvalue weighted by Crippen LogP contribution is 2.20. The average Bonchev–Trinajstić information content (AvgIpc) is 2.66. The highest BCUT2D eigenvalue weighted by molar-refractivity contribution is 5.97. The van der Waals surface area contributed by atoms with Crippen molar-refractivity contribution in [2.24, 2.45) is 7.05 Å². The first-order valence-electron chi connectivity index (χ1n) is 5.48. The number of aryl methyl sites for hydroxylation is 1. The predicted molar refractivity (Wildman–Crippen MR) is 60.8 cm³/mol. The summed E-state index contributed by atoms with van der Waals surface area (Å²) in [4.78, 5) is 25.1. The van der Waals surface area contributed by atoms with E-state index in [0.29, 0.717) is 6.54 Å². The fourth-order valence-electron chi connectivity index (χ4n) is 1.90. The molecular formula is C11H16N4O2. The van der Waals surface area contributed by atoms with Crippen LogP contribution in [0.2, 0.25) is 0 Å². The Labute approximate surface area is 99.6 Å². The molecule has 0 radical (unpaired) electrons. The minimum absolute atomic E-state index is 0.0646. The molecule has 2 rings (SSSR count). The normalized spacial score (nSPS) is 19.4. The molecule has 0 aromatic carbocycles. The van der Waals surface area contributed by atoms with Gasteiger partial charge in [0.25, 0.3) is 0 Å². The Morgan fingerprint density at radius 3 is 2.76 bits per heavy atom. The van der Waals surface area contributed by atoms with E-state index in [1.165, 1.54) is 0 Å². The van der Waals surface area contributed by atoms with Gasteiger partial charge >= 0.3 is 0 Å². The zero-order chi connectivity index (χ0) is 12.6. The maximum atomic E-state index is 11.8. The van der Waals surface area contributed by atoms with E-state index in [-0.39, 0.29) is 18.4 Å². The molecule has 1 aromatic rings. The van der Waals surface area contributed by atoms with Crippen molar-refractivity contribution in [2.45, 2.75) is 25.9 Å². The van der Waals surface area contributed by atoms with Gasteiger partial charge in [-0.05, 0) is 19.9 Å². The van der Waals surface area contributed by atoms with Crippen LogP contribution in [0.3, 0.4) is 0 Å². The van der Waals surface area contributed by atoms with Gasteiger partial charge in [-0.1, -0.05) is 0 Å². The summed E-state index contributed by atoms with van der Waals surface area (Å²) < 4.78 is 1.68. The number of aromatic nitrogens is 2. The topological polar surface area (TPSA) is 67.2 Å². The number of rotatable bonds is 2. The van der Waals surface area contributed by atoms with E-state index in [1.807, 2.05) is 19.3 Å². The zero-order valence-corrected chi connectivity index (χ0v) is 10.2. The van der Waals surface area contributed by atoms with E-state index in [0.717, 1.165) is 5.69 Å².